The lowest BCUT2D eigenvalue weighted by Gasteiger charge is -2.15. The van der Waals surface area contributed by atoms with Crippen molar-refractivity contribution in [2.24, 2.45) is 0 Å². The lowest BCUT2D eigenvalue weighted by molar-refractivity contribution is -0.143. The zero-order chi connectivity index (χ0) is 27.2. The zero-order valence-electron chi connectivity index (χ0n) is 18.6. The van der Waals surface area contributed by atoms with Crippen molar-refractivity contribution >= 4 is 17.2 Å². The number of amides is 1. The Balaban J connectivity index is 1.57. The topological polar surface area (TPSA) is 112 Å². The molecule has 16 heteroatoms. The van der Waals surface area contributed by atoms with Crippen molar-refractivity contribution in [2.75, 3.05) is 5.32 Å². The standard InChI is InChI=1S/C22H12F6N8O2/c23-21(24,25)14-9-12(10-30-18(14)35-8-2-5-31-35)33-20(38)13-11-32-36(17(13)22(26,27)28)15-3-1-7-34-16(37)4-6-29-19(15)34/h1-11H,(H,33,38). The molecule has 0 saturated heterocycles. The van der Waals surface area contributed by atoms with E-state index >= 15 is 0 Å². The molecule has 5 rings (SSSR count). The molecular formula is C22H12F6N8O2. The Bertz CT molecular complexity index is 1720. The number of nitrogens with one attached hydrogen (secondary N) is 1. The molecule has 0 atom stereocenters. The van der Waals surface area contributed by atoms with Crippen molar-refractivity contribution in [3.63, 3.8) is 0 Å². The molecule has 5 aromatic rings. The van der Waals surface area contributed by atoms with Crippen LogP contribution in [-0.2, 0) is 12.4 Å². The molecule has 0 aliphatic heterocycles. The summed E-state index contributed by atoms with van der Waals surface area (Å²) in [5.74, 6) is -1.99. The second-order valence-corrected chi connectivity index (χ2v) is 7.68. The highest BCUT2D eigenvalue weighted by atomic mass is 19.4. The first-order valence-electron chi connectivity index (χ1n) is 10.5. The van der Waals surface area contributed by atoms with E-state index in [1.165, 1.54) is 36.8 Å². The number of carbonyl (C=O) groups excluding carboxylic acids is 1. The van der Waals surface area contributed by atoms with Gasteiger partial charge in [-0.15, -0.1) is 0 Å². The number of rotatable bonds is 4. The monoisotopic (exact) mass is 534 g/mol. The van der Waals surface area contributed by atoms with Crippen LogP contribution in [0.15, 0.2) is 72.3 Å². The average molecular weight is 534 g/mol. The molecule has 194 valence electrons. The van der Waals surface area contributed by atoms with Gasteiger partial charge in [-0.3, -0.25) is 14.0 Å². The first-order chi connectivity index (χ1) is 17.9. The van der Waals surface area contributed by atoms with Crippen LogP contribution < -0.4 is 10.9 Å². The fraction of sp³-hybridized carbons (Fsp3) is 0.0909. The number of anilines is 1. The van der Waals surface area contributed by atoms with Gasteiger partial charge in [0.15, 0.2) is 17.2 Å². The van der Waals surface area contributed by atoms with Crippen LogP contribution in [0.4, 0.5) is 32.0 Å². The maximum absolute atomic E-state index is 14.1. The van der Waals surface area contributed by atoms with Crippen molar-refractivity contribution in [3.05, 3.63) is 94.7 Å². The Labute approximate surface area is 206 Å². The number of aromatic nitrogens is 7. The highest BCUT2D eigenvalue weighted by molar-refractivity contribution is 6.05. The van der Waals surface area contributed by atoms with Crippen LogP contribution in [0.25, 0.3) is 17.2 Å². The number of fused-ring (bicyclic) bond motifs is 1. The molecule has 0 unspecified atom stereocenters. The van der Waals surface area contributed by atoms with Crippen LogP contribution >= 0.6 is 0 Å². The van der Waals surface area contributed by atoms with E-state index in [0.717, 1.165) is 27.5 Å². The van der Waals surface area contributed by atoms with E-state index in [1.807, 2.05) is 5.32 Å². The Kier molecular flexibility index (Phi) is 5.73. The molecule has 0 saturated carbocycles. The van der Waals surface area contributed by atoms with Gasteiger partial charge in [0.25, 0.3) is 11.5 Å². The second-order valence-electron chi connectivity index (χ2n) is 7.68. The van der Waals surface area contributed by atoms with Crippen molar-refractivity contribution in [3.8, 4) is 11.5 Å². The van der Waals surface area contributed by atoms with E-state index in [-0.39, 0.29) is 11.3 Å². The summed E-state index contributed by atoms with van der Waals surface area (Å²) in [5, 5.41) is 9.39. The van der Waals surface area contributed by atoms with Crippen LogP contribution in [0.1, 0.15) is 21.6 Å². The summed E-state index contributed by atoms with van der Waals surface area (Å²) in [6, 6.07) is 5.50. The minimum absolute atomic E-state index is 0.172. The summed E-state index contributed by atoms with van der Waals surface area (Å²) >= 11 is 0. The van der Waals surface area contributed by atoms with Crippen LogP contribution in [-0.4, -0.2) is 39.8 Å². The SMILES string of the molecule is O=C(Nc1cnc(-n2cccn2)c(C(F)(F)F)c1)c1cnn(-c2cccn3c(=O)ccnc23)c1C(F)(F)F. The number of hydrogen-bond acceptors (Lipinski definition) is 6. The molecule has 0 aliphatic carbocycles. The highest BCUT2D eigenvalue weighted by Gasteiger charge is 2.41. The normalized spacial score (nSPS) is 12.2. The summed E-state index contributed by atoms with van der Waals surface area (Å²) in [6.07, 6.45) is -3.76. The van der Waals surface area contributed by atoms with Crippen LogP contribution in [0.2, 0.25) is 0 Å². The van der Waals surface area contributed by atoms with E-state index < -0.39 is 52.1 Å². The van der Waals surface area contributed by atoms with Gasteiger partial charge >= 0.3 is 12.4 Å². The summed E-state index contributed by atoms with van der Waals surface area (Å²) in [7, 11) is 0. The molecule has 1 amide bonds. The lowest BCUT2D eigenvalue weighted by Crippen LogP contribution is -2.22. The van der Waals surface area contributed by atoms with Gasteiger partial charge < -0.3 is 5.32 Å². The van der Waals surface area contributed by atoms with E-state index in [0.29, 0.717) is 16.9 Å². The van der Waals surface area contributed by atoms with Gasteiger partial charge in [-0.25, -0.2) is 19.3 Å². The molecule has 0 radical (unpaired) electrons. The van der Waals surface area contributed by atoms with Crippen molar-refractivity contribution < 1.29 is 31.1 Å². The van der Waals surface area contributed by atoms with Gasteiger partial charge in [0.2, 0.25) is 0 Å². The fourth-order valence-electron chi connectivity index (χ4n) is 3.69. The smallest absolute Gasteiger partial charge is 0.320 e. The van der Waals surface area contributed by atoms with Crippen LogP contribution in [0.5, 0.6) is 0 Å². The van der Waals surface area contributed by atoms with E-state index in [1.54, 1.807) is 0 Å². The molecule has 1 N–H and O–H groups in total. The van der Waals surface area contributed by atoms with Gasteiger partial charge in [0.1, 0.15) is 11.3 Å². The summed E-state index contributed by atoms with van der Waals surface area (Å²) in [4.78, 5) is 32.6. The van der Waals surface area contributed by atoms with Gasteiger partial charge in [-0.05, 0) is 24.3 Å². The Morgan fingerprint density at radius 1 is 0.895 bits per heavy atom. The first-order valence-corrected chi connectivity index (χ1v) is 10.5. The molecule has 0 aliphatic rings. The number of carbonyl (C=O) groups is 1. The average Bonchev–Trinajstić information content (AvgIpc) is 3.54. The van der Waals surface area contributed by atoms with Crippen molar-refractivity contribution in [1.29, 1.82) is 0 Å². The quantitative estimate of drug-likeness (QED) is 0.352. The minimum Gasteiger partial charge on any atom is -0.320 e. The number of halogens is 6. The highest BCUT2D eigenvalue weighted by Crippen LogP contribution is 2.36. The molecule has 0 spiro atoms. The Morgan fingerprint density at radius 3 is 2.37 bits per heavy atom. The largest absolute Gasteiger partial charge is 0.434 e. The molecule has 5 heterocycles. The predicted molar refractivity (Wildman–Crippen MR) is 118 cm³/mol. The summed E-state index contributed by atoms with van der Waals surface area (Å²) < 4.78 is 85.6. The van der Waals surface area contributed by atoms with E-state index in [2.05, 4.69) is 20.2 Å². The molecule has 10 nitrogen and oxygen atoms in total. The number of hydrogen-bond donors (Lipinski definition) is 1. The molecule has 5 aromatic heterocycles. The number of alkyl halides is 6. The molecule has 0 bridgehead atoms. The maximum atomic E-state index is 14.1. The second kappa shape index (κ2) is 8.82. The van der Waals surface area contributed by atoms with Crippen LogP contribution in [0, 0.1) is 0 Å². The van der Waals surface area contributed by atoms with Crippen molar-refractivity contribution in [1.82, 2.24) is 33.9 Å². The van der Waals surface area contributed by atoms with Gasteiger partial charge in [-0.1, -0.05) is 0 Å². The molecular weight excluding hydrogens is 522 g/mol. The van der Waals surface area contributed by atoms with E-state index in [4.69, 9.17) is 0 Å². The molecule has 0 fully saturated rings. The summed E-state index contributed by atoms with van der Waals surface area (Å²) in [6.45, 7) is 0. The van der Waals surface area contributed by atoms with Crippen LogP contribution in [0.3, 0.4) is 0 Å². The third kappa shape index (κ3) is 4.35. The number of nitrogens with zero attached hydrogens (tertiary/aromatic N) is 7. The third-order valence-electron chi connectivity index (χ3n) is 5.26. The predicted octanol–water partition coefficient (Wildman–Crippen LogP) is 3.75. The van der Waals surface area contributed by atoms with Gasteiger partial charge in [-0.2, -0.15) is 36.5 Å². The molecule has 0 aromatic carbocycles. The zero-order valence-corrected chi connectivity index (χ0v) is 18.6. The van der Waals surface area contributed by atoms with Gasteiger partial charge in [0, 0.05) is 30.9 Å². The lowest BCUT2D eigenvalue weighted by atomic mass is 10.2. The van der Waals surface area contributed by atoms with E-state index in [9.17, 15) is 35.9 Å². The number of pyridine rings is 2. The molecule has 38 heavy (non-hydrogen) atoms. The van der Waals surface area contributed by atoms with Crippen molar-refractivity contribution in [2.45, 2.75) is 12.4 Å². The maximum Gasteiger partial charge on any atom is 0.434 e. The summed E-state index contributed by atoms with van der Waals surface area (Å²) in [5.41, 5.74) is -5.31. The van der Waals surface area contributed by atoms with Gasteiger partial charge in [0.05, 0.1) is 23.6 Å². The minimum atomic E-state index is -5.13. The first kappa shape index (κ1) is 24.7. The fourth-order valence-corrected chi connectivity index (χ4v) is 3.69. The third-order valence-corrected chi connectivity index (χ3v) is 5.26. The Hall–Kier alpha value is -5.02. The Morgan fingerprint density at radius 2 is 1.68 bits per heavy atom.